The molecule has 0 amide bonds. The fraction of sp³-hybridized carbons (Fsp3) is 0.455. The number of aromatic nitrogens is 1. The van der Waals surface area contributed by atoms with E-state index in [1.165, 1.54) is 91.0 Å². The van der Waals surface area contributed by atoms with Gasteiger partial charge < -0.3 is 9.80 Å². The highest BCUT2D eigenvalue weighted by Crippen LogP contribution is 2.41. The van der Waals surface area contributed by atoms with Gasteiger partial charge >= 0.3 is 0 Å². The summed E-state index contributed by atoms with van der Waals surface area (Å²) in [6, 6.07) is 13.2. The van der Waals surface area contributed by atoms with Gasteiger partial charge in [0.2, 0.25) is 11.3 Å². The van der Waals surface area contributed by atoms with Crippen LogP contribution in [-0.4, -0.2) is 31.2 Å². The van der Waals surface area contributed by atoms with Crippen LogP contribution >= 0.6 is 11.3 Å². The molecule has 0 unspecified atom stereocenters. The third-order valence-corrected chi connectivity index (χ3v) is 6.89. The monoisotopic (exact) mass is 364 g/mol. The number of nitrogens with zero attached hydrogens (tertiary/aromatic N) is 3. The Kier molecular flexibility index (Phi) is 4.37. The average molecular weight is 365 g/mol. The zero-order valence-electron chi connectivity index (χ0n) is 15.3. The standard InChI is InChI=1S/C22H26N3S/c1-5-13-24(14-6-1)18-11-12-20-21(22(18)25-15-7-2-8-16-25)23-17-9-3-4-10-19(17)26-20/h3-4,9-12H,1-2,5-8,13-16H2/q+1. The highest BCUT2D eigenvalue weighted by molar-refractivity contribution is 7.24. The van der Waals surface area contributed by atoms with Crippen LogP contribution in [0.25, 0.3) is 20.4 Å². The molecule has 3 nitrogen and oxygen atoms in total. The Hall–Kier alpha value is -1.94. The number of hydrogen-bond acceptors (Lipinski definition) is 3. The van der Waals surface area contributed by atoms with Crippen LogP contribution in [0.3, 0.4) is 0 Å². The SMILES string of the molecule is c1ccc2[s+]c3ccc(N4CCCCC4)c(N4CCCCC4)c3nc2c1. The van der Waals surface area contributed by atoms with Crippen molar-refractivity contribution in [3.8, 4) is 0 Å². The summed E-state index contributed by atoms with van der Waals surface area (Å²) in [7, 11) is 0. The Balaban J connectivity index is 1.73. The van der Waals surface area contributed by atoms with Crippen LogP contribution in [0.4, 0.5) is 11.4 Å². The molecule has 3 heterocycles. The maximum Gasteiger partial charge on any atom is 0.259 e. The minimum Gasteiger partial charge on any atom is -0.370 e. The maximum absolute atomic E-state index is 5.15. The van der Waals surface area contributed by atoms with E-state index in [1.54, 1.807) is 0 Å². The number of benzene rings is 2. The molecular formula is C22H26N3S+. The fourth-order valence-corrected chi connectivity index (χ4v) is 5.41. The maximum atomic E-state index is 5.15. The molecule has 2 aliphatic rings. The van der Waals surface area contributed by atoms with Gasteiger partial charge in [0, 0.05) is 38.3 Å². The first-order valence-electron chi connectivity index (χ1n) is 10.1. The lowest BCUT2D eigenvalue weighted by Gasteiger charge is -2.36. The summed E-state index contributed by atoms with van der Waals surface area (Å²) in [5.74, 6) is 0. The third-order valence-electron chi connectivity index (χ3n) is 5.78. The summed E-state index contributed by atoms with van der Waals surface area (Å²) in [6.45, 7) is 4.70. The first kappa shape index (κ1) is 16.2. The smallest absolute Gasteiger partial charge is 0.259 e. The molecule has 1 aromatic heterocycles. The lowest BCUT2D eigenvalue weighted by atomic mass is 10.1. The molecule has 0 bridgehead atoms. The number of fused-ring (bicyclic) bond motifs is 2. The number of piperidine rings is 2. The first-order chi connectivity index (χ1) is 12.9. The van der Waals surface area contributed by atoms with Crippen LogP contribution in [0.15, 0.2) is 36.4 Å². The molecule has 3 aromatic rings. The molecule has 2 saturated heterocycles. The van der Waals surface area contributed by atoms with E-state index in [9.17, 15) is 0 Å². The quantitative estimate of drug-likeness (QED) is 0.429. The number of hydrogen-bond donors (Lipinski definition) is 0. The molecule has 0 N–H and O–H groups in total. The van der Waals surface area contributed by atoms with E-state index in [0.29, 0.717) is 0 Å². The second kappa shape index (κ2) is 6.99. The van der Waals surface area contributed by atoms with Gasteiger partial charge in [-0.15, -0.1) is 0 Å². The highest BCUT2D eigenvalue weighted by atomic mass is 32.1. The van der Waals surface area contributed by atoms with Crippen LogP contribution in [0.2, 0.25) is 0 Å². The van der Waals surface area contributed by atoms with Crippen LogP contribution in [0.5, 0.6) is 0 Å². The summed E-state index contributed by atoms with van der Waals surface area (Å²) in [5, 5.41) is 0. The van der Waals surface area contributed by atoms with Crippen LogP contribution in [0, 0.1) is 0 Å². The van der Waals surface area contributed by atoms with E-state index < -0.39 is 0 Å². The average Bonchev–Trinajstić information content (AvgIpc) is 2.72. The van der Waals surface area contributed by atoms with Gasteiger partial charge in [-0.2, -0.15) is 0 Å². The summed E-state index contributed by atoms with van der Waals surface area (Å²) < 4.78 is 2.58. The normalized spacial score (nSPS) is 18.6. The fourth-order valence-electron chi connectivity index (χ4n) is 4.43. The topological polar surface area (TPSA) is 19.4 Å². The largest absolute Gasteiger partial charge is 0.370 e. The van der Waals surface area contributed by atoms with E-state index in [-0.39, 0.29) is 0 Å². The Morgan fingerprint density at radius 3 is 2.15 bits per heavy atom. The van der Waals surface area contributed by atoms with Crippen LogP contribution < -0.4 is 9.80 Å². The molecule has 0 saturated carbocycles. The van der Waals surface area contributed by atoms with Gasteiger partial charge in [-0.3, -0.25) is 0 Å². The van der Waals surface area contributed by atoms with E-state index in [1.807, 2.05) is 11.3 Å². The molecule has 0 aliphatic carbocycles. The number of para-hydroxylation sites is 1. The van der Waals surface area contributed by atoms with Gasteiger partial charge in [-0.1, -0.05) is 12.1 Å². The van der Waals surface area contributed by atoms with E-state index >= 15 is 0 Å². The molecule has 2 aromatic carbocycles. The summed E-state index contributed by atoms with van der Waals surface area (Å²) >= 11 is 1.88. The van der Waals surface area contributed by atoms with Gasteiger partial charge in [0.15, 0.2) is 5.52 Å². The Bertz CT molecular complexity index is 927. The van der Waals surface area contributed by atoms with Crippen molar-refractivity contribution in [2.75, 3.05) is 36.0 Å². The Morgan fingerprint density at radius 2 is 1.38 bits per heavy atom. The highest BCUT2D eigenvalue weighted by Gasteiger charge is 2.26. The zero-order chi connectivity index (χ0) is 17.3. The van der Waals surface area contributed by atoms with Crippen molar-refractivity contribution in [1.82, 2.24) is 4.98 Å². The second-order valence-corrected chi connectivity index (χ2v) is 8.64. The van der Waals surface area contributed by atoms with E-state index in [0.717, 1.165) is 5.52 Å². The van der Waals surface area contributed by atoms with Crippen molar-refractivity contribution < 1.29 is 0 Å². The number of anilines is 2. The van der Waals surface area contributed by atoms with E-state index in [4.69, 9.17) is 4.98 Å². The second-order valence-electron chi connectivity index (χ2n) is 7.56. The molecule has 2 aliphatic heterocycles. The van der Waals surface area contributed by atoms with Gasteiger partial charge in [-0.25, -0.2) is 4.98 Å². The van der Waals surface area contributed by atoms with Crippen molar-refractivity contribution in [3.63, 3.8) is 0 Å². The summed E-state index contributed by atoms with van der Waals surface area (Å²) in [6.07, 6.45) is 7.95. The van der Waals surface area contributed by atoms with Crippen molar-refractivity contribution in [2.24, 2.45) is 0 Å². The Labute approximate surface area is 159 Å². The van der Waals surface area contributed by atoms with Gasteiger partial charge in [-0.05, 0) is 50.7 Å². The molecule has 4 heteroatoms. The summed E-state index contributed by atoms with van der Waals surface area (Å²) in [4.78, 5) is 10.4. The lowest BCUT2D eigenvalue weighted by molar-refractivity contribution is 0.566. The van der Waals surface area contributed by atoms with Gasteiger partial charge in [0.1, 0.15) is 5.52 Å². The molecule has 0 spiro atoms. The van der Waals surface area contributed by atoms with Crippen LogP contribution in [-0.2, 0) is 0 Å². The lowest BCUT2D eigenvalue weighted by Crippen LogP contribution is -2.34. The first-order valence-corrected chi connectivity index (χ1v) is 10.9. The summed E-state index contributed by atoms with van der Waals surface area (Å²) in [5.41, 5.74) is 5.14. The minimum atomic E-state index is 1.12. The third kappa shape index (κ3) is 2.90. The molecule has 2 fully saturated rings. The van der Waals surface area contributed by atoms with E-state index in [2.05, 4.69) is 46.2 Å². The van der Waals surface area contributed by atoms with Crippen LogP contribution in [0.1, 0.15) is 38.5 Å². The molecular weight excluding hydrogens is 338 g/mol. The van der Waals surface area contributed by atoms with Crippen molar-refractivity contribution >= 4 is 43.1 Å². The molecule has 134 valence electrons. The zero-order valence-corrected chi connectivity index (χ0v) is 16.1. The van der Waals surface area contributed by atoms with Crippen molar-refractivity contribution in [3.05, 3.63) is 36.4 Å². The number of rotatable bonds is 2. The predicted octanol–water partition coefficient (Wildman–Crippen LogP) is 5.71. The minimum absolute atomic E-state index is 1.12. The van der Waals surface area contributed by atoms with Crippen molar-refractivity contribution in [1.29, 1.82) is 0 Å². The molecule has 26 heavy (non-hydrogen) atoms. The van der Waals surface area contributed by atoms with Crippen molar-refractivity contribution in [2.45, 2.75) is 38.5 Å². The molecule has 0 atom stereocenters. The van der Waals surface area contributed by atoms with Gasteiger partial charge in [0.05, 0.1) is 11.4 Å². The predicted molar refractivity (Wildman–Crippen MR) is 114 cm³/mol. The Morgan fingerprint density at radius 1 is 0.692 bits per heavy atom. The molecule has 0 radical (unpaired) electrons. The molecule has 5 rings (SSSR count). The van der Waals surface area contributed by atoms with Gasteiger partial charge in [0.25, 0.3) is 9.40 Å².